The van der Waals surface area contributed by atoms with Crippen LogP contribution in [0.15, 0.2) is 6.20 Å². The van der Waals surface area contributed by atoms with Crippen LogP contribution in [0.2, 0.25) is 0 Å². The van der Waals surface area contributed by atoms with E-state index in [1.165, 1.54) is 12.8 Å². The fourth-order valence-corrected chi connectivity index (χ4v) is 3.58. The molecule has 1 aliphatic carbocycles. The Morgan fingerprint density at radius 2 is 2.00 bits per heavy atom. The zero-order valence-corrected chi connectivity index (χ0v) is 11.5. The average Bonchev–Trinajstić information content (AvgIpc) is 3.08. The monoisotopic (exact) mass is 266 g/mol. The first kappa shape index (κ1) is 13.0. The summed E-state index contributed by atoms with van der Waals surface area (Å²) in [5.41, 5.74) is 0.660. The molecule has 1 atom stereocenters. The number of hydrogen-bond acceptors (Lipinski definition) is 5. The van der Waals surface area contributed by atoms with E-state index in [1.807, 2.05) is 7.05 Å². The molecule has 0 radical (unpaired) electrons. The molecule has 1 saturated carbocycles. The van der Waals surface area contributed by atoms with Crippen LogP contribution < -0.4 is 0 Å². The van der Waals surface area contributed by atoms with Crippen molar-refractivity contribution in [2.24, 2.45) is 7.05 Å². The maximum absolute atomic E-state index is 10.9. The number of hydrogen-bond donors (Lipinski definition) is 1. The molecule has 2 fully saturated rings. The van der Waals surface area contributed by atoms with Crippen molar-refractivity contribution in [3.05, 3.63) is 11.9 Å². The lowest BCUT2D eigenvalue weighted by Gasteiger charge is -2.46. The van der Waals surface area contributed by atoms with E-state index in [-0.39, 0.29) is 5.54 Å². The first-order valence-electron chi connectivity index (χ1n) is 7.09. The van der Waals surface area contributed by atoms with Gasteiger partial charge in [0.1, 0.15) is 6.10 Å². The Morgan fingerprint density at radius 3 is 2.58 bits per heavy atom. The lowest BCUT2D eigenvalue weighted by atomic mass is 9.86. The maximum atomic E-state index is 10.9. The molecule has 0 aromatic carbocycles. The fraction of sp³-hybridized carbons (Fsp3) is 0.846. The summed E-state index contributed by atoms with van der Waals surface area (Å²) in [7, 11) is 1.84. The molecule has 1 aromatic rings. The van der Waals surface area contributed by atoms with Crippen molar-refractivity contribution in [2.75, 3.05) is 26.3 Å². The standard InChI is InChI=1S/C13H22N4O2/c1-16-11(10-14-15-16)12(18)13(4-2-3-5-13)17-6-8-19-9-7-17/h10,12,18H,2-9H2,1H3. The molecule has 0 amide bonds. The van der Waals surface area contributed by atoms with Gasteiger partial charge in [-0.3, -0.25) is 4.90 Å². The van der Waals surface area contributed by atoms with Crippen LogP contribution in [0.25, 0.3) is 0 Å². The molecule has 2 heterocycles. The van der Waals surface area contributed by atoms with E-state index in [4.69, 9.17) is 4.74 Å². The van der Waals surface area contributed by atoms with Gasteiger partial charge in [-0.15, -0.1) is 5.10 Å². The Labute approximate surface area is 113 Å². The molecule has 3 rings (SSSR count). The summed E-state index contributed by atoms with van der Waals surface area (Å²) in [6.07, 6.45) is 5.61. The number of aliphatic hydroxyl groups is 1. The van der Waals surface area contributed by atoms with Crippen LogP contribution in [0.4, 0.5) is 0 Å². The molecule has 1 aliphatic heterocycles. The van der Waals surface area contributed by atoms with E-state index in [0.717, 1.165) is 44.8 Å². The largest absolute Gasteiger partial charge is 0.385 e. The van der Waals surface area contributed by atoms with Crippen LogP contribution in [0.1, 0.15) is 37.5 Å². The van der Waals surface area contributed by atoms with E-state index >= 15 is 0 Å². The van der Waals surface area contributed by atoms with E-state index < -0.39 is 6.10 Å². The third kappa shape index (κ3) is 2.17. The zero-order chi connectivity index (χ0) is 13.3. The third-order valence-corrected chi connectivity index (χ3v) is 4.65. The molecule has 19 heavy (non-hydrogen) atoms. The molecule has 2 aliphatic rings. The summed E-state index contributed by atoms with van der Waals surface area (Å²) in [5.74, 6) is 0. The van der Waals surface area contributed by atoms with Crippen LogP contribution in [-0.2, 0) is 11.8 Å². The first-order chi connectivity index (χ1) is 9.24. The van der Waals surface area contributed by atoms with Crippen LogP contribution >= 0.6 is 0 Å². The maximum Gasteiger partial charge on any atom is 0.116 e. The number of morpholine rings is 1. The van der Waals surface area contributed by atoms with Gasteiger partial charge in [-0.2, -0.15) is 0 Å². The minimum absolute atomic E-state index is 0.154. The zero-order valence-electron chi connectivity index (χ0n) is 11.5. The first-order valence-corrected chi connectivity index (χ1v) is 7.09. The molecule has 1 N–H and O–H groups in total. The normalized spacial score (nSPS) is 25.6. The second-order valence-corrected chi connectivity index (χ2v) is 5.60. The van der Waals surface area contributed by atoms with E-state index in [2.05, 4.69) is 15.2 Å². The summed E-state index contributed by atoms with van der Waals surface area (Å²) >= 11 is 0. The lowest BCUT2D eigenvalue weighted by Crippen LogP contribution is -2.55. The quantitative estimate of drug-likeness (QED) is 0.863. The lowest BCUT2D eigenvalue weighted by molar-refractivity contribution is -0.0796. The number of nitrogens with zero attached hydrogens (tertiary/aromatic N) is 4. The summed E-state index contributed by atoms with van der Waals surface area (Å²) < 4.78 is 7.13. The average molecular weight is 266 g/mol. The Kier molecular flexibility index (Phi) is 3.56. The molecule has 0 spiro atoms. The SMILES string of the molecule is Cn1nncc1C(O)C1(N2CCOCC2)CCCC1. The van der Waals surface area contributed by atoms with E-state index in [9.17, 15) is 5.11 Å². The van der Waals surface area contributed by atoms with Gasteiger partial charge in [-0.1, -0.05) is 18.1 Å². The van der Waals surface area contributed by atoms with Crippen molar-refractivity contribution >= 4 is 0 Å². The van der Waals surface area contributed by atoms with Crippen molar-refractivity contribution in [1.82, 2.24) is 19.9 Å². The van der Waals surface area contributed by atoms with Gasteiger partial charge in [-0.25, -0.2) is 4.68 Å². The highest BCUT2D eigenvalue weighted by atomic mass is 16.5. The third-order valence-electron chi connectivity index (χ3n) is 4.65. The van der Waals surface area contributed by atoms with Gasteiger partial charge in [0.05, 0.1) is 30.6 Å². The van der Waals surface area contributed by atoms with Gasteiger partial charge in [0.25, 0.3) is 0 Å². The molecule has 0 bridgehead atoms. The highest BCUT2D eigenvalue weighted by molar-refractivity contribution is 5.12. The molecule has 1 unspecified atom stereocenters. The molecular weight excluding hydrogens is 244 g/mol. The predicted octanol–water partition coefficient (Wildman–Crippen LogP) is 0.493. The predicted molar refractivity (Wildman–Crippen MR) is 69.6 cm³/mol. The summed E-state index contributed by atoms with van der Waals surface area (Å²) in [4.78, 5) is 2.42. The Morgan fingerprint density at radius 1 is 1.32 bits per heavy atom. The second kappa shape index (κ2) is 5.19. The van der Waals surface area contributed by atoms with E-state index in [1.54, 1.807) is 10.9 Å². The minimum Gasteiger partial charge on any atom is -0.385 e. The van der Waals surface area contributed by atoms with Crippen LogP contribution in [0.3, 0.4) is 0 Å². The highest BCUT2D eigenvalue weighted by Crippen LogP contribution is 2.44. The number of rotatable bonds is 3. The molecule has 6 nitrogen and oxygen atoms in total. The number of aryl methyl sites for hydroxylation is 1. The summed E-state index contributed by atoms with van der Waals surface area (Å²) in [6.45, 7) is 3.33. The van der Waals surface area contributed by atoms with E-state index in [0.29, 0.717) is 0 Å². The van der Waals surface area contributed by atoms with Crippen molar-refractivity contribution < 1.29 is 9.84 Å². The number of ether oxygens (including phenoxy) is 1. The molecule has 106 valence electrons. The summed E-state index contributed by atoms with van der Waals surface area (Å²) in [6, 6.07) is 0. The topological polar surface area (TPSA) is 63.4 Å². The van der Waals surface area contributed by atoms with Gasteiger partial charge in [0, 0.05) is 20.1 Å². The Bertz CT molecular complexity index is 422. The number of aromatic nitrogens is 3. The Hall–Kier alpha value is -0.980. The highest BCUT2D eigenvalue weighted by Gasteiger charge is 2.47. The minimum atomic E-state index is -0.520. The Balaban J connectivity index is 1.89. The summed E-state index contributed by atoms with van der Waals surface area (Å²) in [5, 5.41) is 18.8. The smallest absolute Gasteiger partial charge is 0.116 e. The van der Waals surface area contributed by atoms with Gasteiger partial charge in [-0.05, 0) is 12.8 Å². The van der Waals surface area contributed by atoms with Crippen molar-refractivity contribution in [3.8, 4) is 0 Å². The van der Waals surface area contributed by atoms with Crippen molar-refractivity contribution in [2.45, 2.75) is 37.3 Å². The second-order valence-electron chi connectivity index (χ2n) is 5.60. The fourth-order valence-electron chi connectivity index (χ4n) is 3.58. The molecular formula is C13H22N4O2. The van der Waals surface area contributed by atoms with Gasteiger partial charge < -0.3 is 9.84 Å². The van der Waals surface area contributed by atoms with Gasteiger partial charge in [0.2, 0.25) is 0 Å². The van der Waals surface area contributed by atoms with Gasteiger partial charge >= 0.3 is 0 Å². The van der Waals surface area contributed by atoms with Crippen LogP contribution in [0, 0.1) is 0 Å². The van der Waals surface area contributed by atoms with Crippen molar-refractivity contribution in [3.63, 3.8) is 0 Å². The molecule has 1 aromatic heterocycles. The van der Waals surface area contributed by atoms with Crippen LogP contribution in [0.5, 0.6) is 0 Å². The van der Waals surface area contributed by atoms with Gasteiger partial charge in [0.15, 0.2) is 0 Å². The number of aliphatic hydroxyl groups excluding tert-OH is 1. The van der Waals surface area contributed by atoms with Crippen molar-refractivity contribution in [1.29, 1.82) is 0 Å². The molecule has 1 saturated heterocycles. The van der Waals surface area contributed by atoms with Crippen LogP contribution in [-0.4, -0.2) is 56.8 Å². The molecule has 6 heteroatoms.